The van der Waals surface area contributed by atoms with Crippen LogP contribution in [0.1, 0.15) is 20.8 Å². The molecule has 0 unspecified atom stereocenters. The van der Waals surface area contributed by atoms with Crippen LogP contribution in [0.4, 0.5) is 5.69 Å². The van der Waals surface area contributed by atoms with Gasteiger partial charge in [-0.05, 0) is 39.0 Å². The molecule has 6 nitrogen and oxygen atoms in total. The Morgan fingerprint density at radius 2 is 2.00 bits per heavy atom. The lowest BCUT2D eigenvalue weighted by molar-refractivity contribution is 0.556. The van der Waals surface area contributed by atoms with Crippen LogP contribution in [0.25, 0.3) is 0 Å². The van der Waals surface area contributed by atoms with E-state index in [1.54, 1.807) is 45.3 Å². The van der Waals surface area contributed by atoms with Gasteiger partial charge in [0.15, 0.2) is 14.9 Å². The maximum atomic E-state index is 12.3. The second-order valence-electron chi connectivity index (χ2n) is 6.16. The Kier molecular flexibility index (Phi) is 4.55. The third-order valence-electron chi connectivity index (χ3n) is 3.47. The van der Waals surface area contributed by atoms with Crippen molar-refractivity contribution in [3.05, 3.63) is 36.8 Å². The Balaban J connectivity index is 2.08. The van der Waals surface area contributed by atoms with E-state index in [9.17, 15) is 8.42 Å². The first-order valence-corrected chi connectivity index (χ1v) is 8.59. The summed E-state index contributed by atoms with van der Waals surface area (Å²) in [7, 11) is -1.47. The van der Waals surface area contributed by atoms with Gasteiger partial charge < -0.3 is 4.90 Å². The highest BCUT2D eigenvalue weighted by Gasteiger charge is 2.31. The SMILES string of the molecule is CN(CCn1cccn1)c1ccc(S(=O)(=O)C(C)(C)C)nc1. The van der Waals surface area contributed by atoms with E-state index in [4.69, 9.17) is 0 Å². The van der Waals surface area contributed by atoms with Crippen LogP contribution >= 0.6 is 0 Å². The fourth-order valence-corrected chi connectivity index (χ4v) is 2.95. The summed E-state index contributed by atoms with van der Waals surface area (Å²) >= 11 is 0. The Morgan fingerprint density at radius 3 is 2.50 bits per heavy atom. The van der Waals surface area contributed by atoms with E-state index in [0.717, 1.165) is 18.8 Å². The molecule has 0 saturated heterocycles. The van der Waals surface area contributed by atoms with Crippen LogP contribution in [0.15, 0.2) is 41.8 Å². The van der Waals surface area contributed by atoms with Crippen molar-refractivity contribution in [3.63, 3.8) is 0 Å². The molecule has 0 aliphatic heterocycles. The van der Waals surface area contributed by atoms with Crippen molar-refractivity contribution in [3.8, 4) is 0 Å². The topological polar surface area (TPSA) is 68.1 Å². The second kappa shape index (κ2) is 6.08. The van der Waals surface area contributed by atoms with Gasteiger partial charge in [-0.3, -0.25) is 4.68 Å². The molecule has 0 amide bonds. The Hall–Kier alpha value is -1.89. The lowest BCUT2D eigenvalue weighted by atomic mass is 10.3. The largest absolute Gasteiger partial charge is 0.371 e. The van der Waals surface area contributed by atoms with Gasteiger partial charge in [-0.1, -0.05) is 0 Å². The fraction of sp³-hybridized carbons (Fsp3) is 0.467. The molecular weight excluding hydrogens is 300 g/mol. The van der Waals surface area contributed by atoms with Crippen molar-refractivity contribution in [1.82, 2.24) is 14.8 Å². The van der Waals surface area contributed by atoms with Gasteiger partial charge in [0.25, 0.3) is 0 Å². The average molecular weight is 322 g/mol. The van der Waals surface area contributed by atoms with Gasteiger partial charge in [-0.2, -0.15) is 5.10 Å². The van der Waals surface area contributed by atoms with Crippen molar-refractivity contribution >= 4 is 15.5 Å². The fourth-order valence-electron chi connectivity index (χ4n) is 1.89. The second-order valence-corrected chi connectivity index (χ2v) is 8.81. The first kappa shape index (κ1) is 16.5. The van der Waals surface area contributed by atoms with E-state index >= 15 is 0 Å². The normalized spacial score (nSPS) is 12.4. The Bertz CT molecular complexity index is 701. The van der Waals surface area contributed by atoms with Gasteiger partial charge in [0.1, 0.15) is 0 Å². The number of hydrogen-bond acceptors (Lipinski definition) is 5. The molecule has 0 saturated carbocycles. The zero-order valence-corrected chi connectivity index (χ0v) is 14.2. The van der Waals surface area contributed by atoms with Crippen LogP contribution in [-0.2, 0) is 16.4 Å². The molecule has 0 N–H and O–H groups in total. The summed E-state index contributed by atoms with van der Waals surface area (Å²) in [5, 5.41) is 4.27. The maximum Gasteiger partial charge on any atom is 0.200 e. The number of hydrogen-bond donors (Lipinski definition) is 0. The minimum Gasteiger partial charge on any atom is -0.371 e. The molecule has 0 spiro atoms. The molecule has 2 aromatic heterocycles. The van der Waals surface area contributed by atoms with Crippen molar-refractivity contribution < 1.29 is 8.42 Å². The van der Waals surface area contributed by atoms with Gasteiger partial charge >= 0.3 is 0 Å². The maximum absolute atomic E-state index is 12.3. The van der Waals surface area contributed by atoms with E-state index in [2.05, 4.69) is 10.1 Å². The van der Waals surface area contributed by atoms with Gasteiger partial charge in [-0.25, -0.2) is 13.4 Å². The highest BCUT2D eigenvalue weighted by atomic mass is 32.2. The molecule has 0 radical (unpaired) electrons. The molecular formula is C15H22N4O2S. The number of likely N-dealkylation sites (N-methyl/N-ethyl adjacent to an activating group) is 1. The van der Waals surface area contributed by atoms with Crippen LogP contribution in [-0.4, -0.2) is 41.5 Å². The molecule has 22 heavy (non-hydrogen) atoms. The van der Waals surface area contributed by atoms with Crippen LogP contribution in [0, 0.1) is 0 Å². The first-order valence-electron chi connectivity index (χ1n) is 7.11. The summed E-state index contributed by atoms with van der Waals surface area (Å²) in [5.74, 6) is 0. The van der Waals surface area contributed by atoms with Crippen LogP contribution < -0.4 is 4.90 Å². The number of aromatic nitrogens is 3. The molecule has 120 valence electrons. The Labute approximate surface area is 131 Å². The molecule has 0 fully saturated rings. The molecule has 0 aliphatic carbocycles. The number of anilines is 1. The summed E-state index contributed by atoms with van der Waals surface area (Å²) in [6.07, 6.45) is 5.25. The lowest BCUT2D eigenvalue weighted by Gasteiger charge is -2.21. The minimum absolute atomic E-state index is 0.115. The summed E-state index contributed by atoms with van der Waals surface area (Å²) in [6, 6.07) is 5.24. The van der Waals surface area contributed by atoms with E-state index in [0.29, 0.717) is 0 Å². The average Bonchev–Trinajstić information content (AvgIpc) is 2.97. The number of pyridine rings is 1. The molecule has 2 rings (SSSR count). The zero-order valence-electron chi connectivity index (χ0n) is 13.4. The quantitative estimate of drug-likeness (QED) is 0.842. The minimum atomic E-state index is -3.41. The molecule has 2 aromatic rings. The van der Waals surface area contributed by atoms with Crippen LogP contribution in [0.3, 0.4) is 0 Å². The summed E-state index contributed by atoms with van der Waals surface area (Å²) < 4.78 is 25.7. The third kappa shape index (κ3) is 3.47. The predicted octanol–water partition coefficient (Wildman–Crippen LogP) is 1.99. The van der Waals surface area contributed by atoms with Gasteiger partial charge in [-0.15, -0.1) is 0 Å². The lowest BCUT2D eigenvalue weighted by Crippen LogP contribution is -2.29. The van der Waals surface area contributed by atoms with Crippen molar-refractivity contribution in [2.75, 3.05) is 18.5 Å². The highest BCUT2D eigenvalue weighted by Crippen LogP contribution is 2.24. The van der Waals surface area contributed by atoms with Crippen molar-refractivity contribution in [2.24, 2.45) is 0 Å². The van der Waals surface area contributed by atoms with Gasteiger partial charge in [0, 0.05) is 26.0 Å². The molecule has 0 aromatic carbocycles. The summed E-state index contributed by atoms with van der Waals surface area (Å²) in [4.78, 5) is 6.15. The number of sulfone groups is 1. The standard InChI is InChI=1S/C15H22N4O2S/c1-15(2,3)22(20,21)14-7-6-13(12-16-14)18(4)10-11-19-9-5-8-17-19/h5-9,12H,10-11H2,1-4H3. The smallest absolute Gasteiger partial charge is 0.200 e. The number of nitrogens with zero attached hydrogens (tertiary/aromatic N) is 4. The third-order valence-corrected chi connectivity index (χ3v) is 5.87. The molecule has 7 heteroatoms. The predicted molar refractivity (Wildman–Crippen MR) is 86.7 cm³/mol. The van der Waals surface area contributed by atoms with Crippen LogP contribution in [0.5, 0.6) is 0 Å². The molecule has 2 heterocycles. The van der Waals surface area contributed by atoms with Gasteiger partial charge in [0.05, 0.1) is 23.2 Å². The summed E-state index contributed by atoms with van der Waals surface area (Å²) in [6.45, 7) is 6.54. The highest BCUT2D eigenvalue weighted by molar-refractivity contribution is 7.92. The van der Waals surface area contributed by atoms with E-state index in [1.165, 1.54) is 0 Å². The zero-order chi connectivity index (χ0) is 16.4. The summed E-state index contributed by atoms with van der Waals surface area (Å²) in [5.41, 5.74) is 0.875. The van der Waals surface area contributed by atoms with Crippen LogP contribution in [0.2, 0.25) is 0 Å². The Morgan fingerprint density at radius 1 is 1.27 bits per heavy atom. The van der Waals surface area contributed by atoms with E-state index < -0.39 is 14.6 Å². The van der Waals surface area contributed by atoms with Crippen molar-refractivity contribution in [2.45, 2.75) is 37.1 Å². The molecule has 0 aliphatic rings. The van der Waals surface area contributed by atoms with Gasteiger partial charge in [0.2, 0.25) is 0 Å². The monoisotopic (exact) mass is 322 g/mol. The van der Waals surface area contributed by atoms with Crippen molar-refractivity contribution in [1.29, 1.82) is 0 Å². The van der Waals surface area contributed by atoms with E-state index in [1.807, 2.05) is 28.9 Å². The number of rotatable bonds is 5. The van der Waals surface area contributed by atoms with E-state index in [-0.39, 0.29) is 5.03 Å². The first-order chi connectivity index (χ1) is 10.2. The molecule has 0 atom stereocenters. The molecule has 0 bridgehead atoms.